The molecule has 0 bridgehead atoms. The van der Waals surface area contributed by atoms with Crippen molar-refractivity contribution >= 4 is 15.9 Å². The normalized spacial score (nSPS) is 16.6. The Morgan fingerprint density at radius 1 is 1.29 bits per heavy atom. The van der Waals surface area contributed by atoms with Gasteiger partial charge in [0.2, 0.25) is 0 Å². The van der Waals surface area contributed by atoms with Crippen LogP contribution in [0.4, 0.5) is 8.78 Å². The number of hydrogen-bond donors (Lipinski definition) is 1. The molecule has 1 aliphatic carbocycles. The minimum atomic E-state index is -0.576. The molecule has 0 aromatic heterocycles. The summed E-state index contributed by atoms with van der Waals surface area (Å²) in [4.78, 5) is 5.36. The predicted octanol–water partition coefficient (Wildman–Crippen LogP) is 3.69. The van der Waals surface area contributed by atoms with E-state index in [0.29, 0.717) is 0 Å². The van der Waals surface area contributed by atoms with Crippen LogP contribution < -0.4 is 5.48 Å². The third-order valence-electron chi connectivity index (χ3n) is 2.94. The van der Waals surface area contributed by atoms with Gasteiger partial charge in [0.1, 0.15) is 11.6 Å². The van der Waals surface area contributed by atoms with Crippen molar-refractivity contribution in [1.82, 2.24) is 5.48 Å². The Kier molecular flexibility index (Phi) is 4.48. The first-order chi connectivity index (χ1) is 8.18. The van der Waals surface area contributed by atoms with Gasteiger partial charge >= 0.3 is 0 Å². The molecule has 0 unspecified atom stereocenters. The Morgan fingerprint density at radius 2 is 2.00 bits per heavy atom. The van der Waals surface area contributed by atoms with Crippen molar-refractivity contribution in [2.24, 2.45) is 0 Å². The van der Waals surface area contributed by atoms with Gasteiger partial charge in [-0.2, -0.15) is 5.48 Å². The lowest BCUT2D eigenvalue weighted by molar-refractivity contribution is -0.0252. The van der Waals surface area contributed by atoms with Crippen LogP contribution in [0.5, 0.6) is 0 Å². The van der Waals surface area contributed by atoms with Crippen molar-refractivity contribution in [2.75, 3.05) is 0 Å². The van der Waals surface area contributed by atoms with Gasteiger partial charge in [-0.05, 0) is 40.9 Å². The first-order valence-corrected chi connectivity index (χ1v) is 6.48. The van der Waals surface area contributed by atoms with E-state index in [1.165, 1.54) is 12.1 Å². The third kappa shape index (κ3) is 3.24. The summed E-state index contributed by atoms with van der Waals surface area (Å²) >= 11 is 3.03. The van der Waals surface area contributed by atoms with Gasteiger partial charge in [0.15, 0.2) is 0 Å². The molecule has 0 atom stereocenters. The molecule has 1 aliphatic rings. The van der Waals surface area contributed by atoms with Gasteiger partial charge in [0.05, 0.1) is 17.1 Å². The van der Waals surface area contributed by atoms with Gasteiger partial charge in [-0.25, -0.2) is 8.78 Å². The third-order valence-corrected chi connectivity index (χ3v) is 3.55. The van der Waals surface area contributed by atoms with Crippen LogP contribution in [-0.4, -0.2) is 6.10 Å². The lowest BCUT2D eigenvalue weighted by atomic mass is 10.2. The number of benzene rings is 1. The maximum Gasteiger partial charge on any atom is 0.144 e. The first-order valence-electron chi connectivity index (χ1n) is 5.69. The molecule has 2 rings (SSSR count). The van der Waals surface area contributed by atoms with Crippen molar-refractivity contribution < 1.29 is 13.6 Å². The standard InChI is InChI=1S/C12H14BrF2NO/c13-10-5-6-11(14)9(12(10)15)7-16-17-8-3-1-2-4-8/h5-6,8,16H,1-4,7H2. The molecule has 0 amide bonds. The van der Waals surface area contributed by atoms with E-state index < -0.39 is 11.6 Å². The van der Waals surface area contributed by atoms with E-state index in [0.717, 1.165) is 25.7 Å². The minimum Gasteiger partial charge on any atom is -0.298 e. The fraction of sp³-hybridized carbons (Fsp3) is 0.500. The lowest BCUT2D eigenvalue weighted by Crippen LogP contribution is -2.22. The summed E-state index contributed by atoms with van der Waals surface area (Å²) in [6, 6.07) is 2.59. The zero-order valence-electron chi connectivity index (χ0n) is 9.31. The SMILES string of the molecule is Fc1ccc(Br)c(F)c1CNOC1CCCC1. The lowest BCUT2D eigenvalue weighted by Gasteiger charge is -2.12. The highest BCUT2D eigenvalue weighted by Crippen LogP contribution is 2.22. The van der Waals surface area contributed by atoms with E-state index in [1.807, 2.05) is 0 Å². The summed E-state index contributed by atoms with van der Waals surface area (Å²) < 4.78 is 27.2. The number of hydrogen-bond acceptors (Lipinski definition) is 2. The number of hydroxylamine groups is 1. The Morgan fingerprint density at radius 3 is 2.71 bits per heavy atom. The summed E-state index contributed by atoms with van der Waals surface area (Å²) in [5.41, 5.74) is 2.65. The molecule has 0 heterocycles. The highest BCUT2D eigenvalue weighted by molar-refractivity contribution is 9.10. The summed E-state index contributed by atoms with van der Waals surface area (Å²) in [5, 5.41) is 0. The van der Waals surface area contributed by atoms with Gasteiger partial charge in [-0.15, -0.1) is 0 Å². The molecule has 0 spiro atoms. The molecule has 1 fully saturated rings. The van der Waals surface area contributed by atoms with Crippen LogP contribution in [0, 0.1) is 11.6 Å². The second-order valence-corrected chi connectivity index (χ2v) is 5.02. The number of nitrogens with one attached hydrogen (secondary N) is 1. The molecule has 0 aliphatic heterocycles. The van der Waals surface area contributed by atoms with Crippen molar-refractivity contribution in [2.45, 2.75) is 38.3 Å². The van der Waals surface area contributed by atoms with Gasteiger partial charge < -0.3 is 0 Å². The Bertz CT molecular complexity index is 394. The summed E-state index contributed by atoms with van der Waals surface area (Å²) in [6.07, 6.45) is 4.51. The van der Waals surface area contributed by atoms with Crippen LogP contribution in [0.25, 0.3) is 0 Å². The summed E-state index contributed by atoms with van der Waals surface area (Å²) in [5.74, 6) is -1.14. The van der Waals surface area contributed by atoms with E-state index in [1.54, 1.807) is 0 Å². The molecular weight excluding hydrogens is 292 g/mol. The summed E-state index contributed by atoms with van der Waals surface area (Å²) in [6.45, 7) is 0.0353. The highest BCUT2D eigenvalue weighted by Gasteiger charge is 2.17. The molecule has 5 heteroatoms. The first kappa shape index (κ1) is 12.9. The Labute approximate surface area is 107 Å². The molecule has 1 N–H and O–H groups in total. The second-order valence-electron chi connectivity index (χ2n) is 4.17. The van der Waals surface area contributed by atoms with Crippen molar-refractivity contribution in [3.8, 4) is 0 Å². The van der Waals surface area contributed by atoms with Crippen molar-refractivity contribution in [3.05, 3.63) is 33.8 Å². The van der Waals surface area contributed by atoms with Crippen LogP contribution in [0.15, 0.2) is 16.6 Å². The Hall–Kier alpha value is -0.520. The maximum atomic E-state index is 13.6. The van der Waals surface area contributed by atoms with Crippen molar-refractivity contribution in [1.29, 1.82) is 0 Å². The Balaban J connectivity index is 1.91. The van der Waals surface area contributed by atoms with E-state index in [2.05, 4.69) is 21.4 Å². The highest BCUT2D eigenvalue weighted by atomic mass is 79.9. The second kappa shape index (κ2) is 5.89. The van der Waals surface area contributed by atoms with Crippen LogP contribution >= 0.6 is 15.9 Å². The zero-order chi connectivity index (χ0) is 12.3. The molecule has 94 valence electrons. The molecule has 17 heavy (non-hydrogen) atoms. The molecule has 1 saturated carbocycles. The maximum absolute atomic E-state index is 13.6. The minimum absolute atomic E-state index is 0.00243. The molecule has 2 nitrogen and oxygen atoms in total. The number of rotatable bonds is 4. The monoisotopic (exact) mass is 305 g/mol. The molecule has 1 aromatic rings. The largest absolute Gasteiger partial charge is 0.298 e. The number of halogens is 3. The van der Waals surface area contributed by atoms with Crippen LogP contribution in [-0.2, 0) is 11.4 Å². The van der Waals surface area contributed by atoms with Crippen LogP contribution in [0.1, 0.15) is 31.2 Å². The van der Waals surface area contributed by atoms with Gasteiger partial charge in [0.25, 0.3) is 0 Å². The van der Waals surface area contributed by atoms with E-state index in [-0.39, 0.29) is 22.7 Å². The zero-order valence-corrected chi connectivity index (χ0v) is 10.9. The predicted molar refractivity (Wildman–Crippen MR) is 64.2 cm³/mol. The average molecular weight is 306 g/mol. The fourth-order valence-electron chi connectivity index (χ4n) is 1.97. The van der Waals surface area contributed by atoms with Gasteiger partial charge in [-0.3, -0.25) is 4.84 Å². The summed E-state index contributed by atoms with van der Waals surface area (Å²) in [7, 11) is 0. The average Bonchev–Trinajstić information content (AvgIpc) is 2.81. The molecule has 0 radical (unpaired) electrons. The van der Waals surface area contributed by atoms with E-state index in [9.17, 15) is 8.78 Å². The smallest absolute Gasteiger partial charge is 0.144 e. The van der Waals surface area contributed by atoms with Crippen molar-refractivity contribution in [3.63, 3.8) is 0 Å². The van der Waals surface area contributed by atoms with Crippen LogP contribution in [0.3, 0.4) is 0 Å². The molecule has 1 aromatic carbocycles. The van der Waals surface area contributed by atoms with Crippen LogP contribution in [0.2, 0.25) is 0 Å². The quantitative estimate of drug-likeness (QED) is 0.676. The van der Waals surface area contributed by atoms with E-state index in [4.69, 9.17) is 4.84 Å². The fourth-order valence-corrected chi connectivity index (χ4v) is 2.34. The van der Waals surface area contributed by atoms with Gasteiger partial charge in [-0.1, -0.05) is 12.8 Å². The van der Waals surface area contributed by atoms with Gasteiger partial charge in [0, 0.05) is 5.56 Å². The molecular formula is C12H14BrF2NO. The topological polar surface area (TPSA) is 21.3 Å². The van der Waals surface area contributed by atoms with E-state index >= 15 is 0 Å². The molecule has 0 saturated heterocycles.